The number of rotatable bonds is 5. The van der Waals surface area contributed by atoms with Gasteiger partial charge in [0, 0.05) is 12.2 Å². The van der Waals surface area contributed by atoms with Crippen molar-refractivity contribution in [3.05, 3.63) is 29.8 Å². The van der Waals surface area contributed by atoms with E-state index in [1.807, 2.05) is 0 Å². The molecule has 0 amide bonds. The van der Waals surface area contributed by atoms with Gasteiger partial charge < -0.3 is 14.8 Å². The van der Waals surface area contributed by atoms with Crippen LogP contribution < -0.4 is 5.32 Å². The van der Waals surface area contributed by atoms with Crippen molar-refractivity contribution in [2.75, 3.05) is 25.3 Å². The van der Waals surface area contributed by atoms with Gasteiger partial charge in [-0.05, 0) is 30.5 Å². The number of anilines is 1. The molecular weight excluding hydrogens is 214 g/mol. The van der Waals surface area contributed by atoms with Gasteiger partial charge in [0.15, 0.2) is 0 Å². The Hall–Kier alpha value is -1.06. The molecule has 1 aliphatic heterocycles. The summed E-state index contributed by atoms with van der Waals surface area (Å²) in [4.78, 5) is 0. The maximum Gasteiger partial charge on any atom is 0.147 e. The highest BCUT2D eigenvalue weighted by atomic mass is 16.7. The normalized spacial score (nSPS) is 20.2. The Bertz CT molecular complexity index is 317. The molecule has 0 aliphatic carbocycles. The van der Waals surface area contributed by atoms with Gasteiger partial charge >= 0.3 is 0 Å². The average Bonchev–Trinajstić information content (AvgIpc) is 2.40. The van der Waals surface area contributed by atoms with Crippen LogP contribution in [-0.2, 0) is 15.9 Å². The summed E-state index contributed by atoms with van der Waals surface area (Å²) in [5.74, 6) is 0. The van der Waals surface area contributed by atoms with Crippen molar-refractivity contribution in [3.63, 3.8) is 0 Å². The van der Waals surface area contributed by atoms with Gasteiger partial charge in [-0.1, -0.05) is 25.5 Å². The van der Waals surface area contributed by atoms with Gasteiger partial charge in [0.2, 0.25) is 0 Å². The Kier molecular flexibility index (Phi) is 4.83. The highest BCUT2D eigenvalue weighted by Crippen LogP contribution is 2.12. The third-order valence-corrected chi connectivity index (χ3v) is 3.00. The van der Waals surface area contributed by atoms with Crippen LogP contribution in [-0.4, -0.2) is 26.0 Å². The summed E-state index contributed by atoms with van der Waals surface area (Å²) in [5, 5.41) is 3.40. The Balaban J connectivity index is 1.77. The fourth-order valence-corrected chi connectivity index (χ4v) is 1.97. The molecule has 1 fully saturated rings. The smallest absolute Gasteiger partial charge is 0.147 e. The van der Waals surface area contributed by atoms with E-state index >= 15 is 0 Å². The second kappa shape index (κ2) is 6.62. The second-order valence-electron chi connectivity index (χ2n) is 4.43. The van der Waals surface area contributed by atoms with E-state index in [4.69, 9.17) is 9.47 Å². The Morgan fingerprint density at radius 3 is 2.76 bits per heavy atom. The first-order valence-corrected chi connectivity index (χ1v) is 6.40. The van der Waals surface area contributed by atoms with Crippen molar-refractivity contribution in [2.24, 2.45) is 0 Å². The standard InChI is InChI=1S/C14H21NO2/c1-2-3-12-4-6-13(7-5-12)15-10-14-8-9-16-11-17-14/h4-7,14-15H,2-3,8-11H2,1H3. The summed E-state index contributed by atoms with van der Waals surface area (Å²) in [5.41, 5.74) is 2.57. The summed E-state index contributed by atoms with van der Waals surface area (Å²) >= 11 is 0. The first-order valence-electron chi connectivity index (χ1n) is 6.40. The lowest BCUT2D eigenvalue weighted by Crippen LogP contribution is -2.30. The monoisotopic (exact) mass is 235 g/mol. The average molecular weight is 235 g/mol. The molecule has 0 spiro atoms. The van der Waals surface area contributed by atoms with E-state index in [0.29, 0.717) is 6.79 Å². The molecule has 1 N–H and O–H groups in total. The van der Waals surface area contributed by atoms with Crippen molar-refractivity contribution in [3.8, 4) is 0 Å². The van der Waals surface area contributed by atoms with E-state index in [-0.39, 0.29) is 6.10 Å². The van der Waals surface area contributed by atoms with Crippen molar-refractivity contribution < 1.29 is 9.47 Å². The molecule has 94 valence electrons. The van der Waals surface area contributed by atoms with Gasteiger partial charge in [-0.2, -0.15) is 0 Å². The van der Waals surface area contributed by atoms with Crippen LogP contribution in [0.2, 0.25) is 0 Å². The predicted molar refractivity (Wildman–Crippen MR) is 69.2 cm³/mol. The van der Waals surface area contributed by atoms with E-state index < -0.39 is 0 Å². The fourth-order valence-electron chi connectivity index (χ4n) is 1.97. The van der Waals surface area contributed by atoms with Crippen LogP contribution >= 0.6 is 0 Å². The SMILES string of the molecule is CCCc1ccc(NCC2CCOCO2)cc1. The van der Waals surface area contributed by atoms with Crippen LogP contribution in [0.5, 0.6) is 0 Å². The molecule has 1 atom stereocenters. The van der Waals surface area contributed by atoms with Gasteiger partial charge in [0.05, 0.1) is 12.7 Å². The molecule has 1 saturated heterocycles. The van der Waals surface area contributed by atoms with Gasteiger partial charge in [0.25, 0.3) is 0 Å². The van der Waals surface area contributed by atoms with Crippen LogP contribution in [0.3, 0.4) is 0 Å². The highest BCUT2D eigenvalue weighted by molar-refractivity contribution is 5.44. The van der Waals surface area contributed by atoms with Crippen LogP contribution in [0.4, 0.5) is 5.69 Å². The zero-order chi connectivity index (χ0) is 11.9. The number of hydrogen-bond acceptors (Lipinski definition) is 3. The Labute approximate surface area is 103 Å². The van der Waals surface area contributed by atoms with E-state index in [2.05, 4.69) is 36.5 Å². The third-order valence-electron chi connectivity index (χ3n) is 3.00. The van der Waals surface area contributed by atoms with Crippen molar-refractivity contribution >= 4 is 5.69 Å². The van der Waals surface area contributed by atoms with Crippen molar-refractivity contribution in [1.82, 2.24) is 0 Å². The molecule has 1 heterocycles. The van der Waals surface area contributed by atoms with Crippen LogP contribution in [0.15, 0.2) is 24.3 Å². The van der Waals surface area contributed by atoms with Gasteiger partial charge in [-0.3, -0.25) is 0 Å². The first-order chi connectivity index (χ1) is 8.38. The minimum atomic E-state index is 0.277. The van der Waals surface area contributed by atoms with Crippen LogP contribution in [0.1, 0.15) is 25.3 Å². The molecule has 3 heteroatoms. The maximum absolute atomic E-state index is 5.48. The summed E-state index contributed by atoms with van der Waals surface area (Å²) in [6.45, 7) is 4.30. The number of ether oxygens (including phenoxy) is 2. The molecule has 0 radical (unpaired) electrons. The zero-order valence-corrected chi connectivity index (χ0v) is 10.4. The molecule has 2 rings (SSSR count). The van der Waals surface area contributed by atoms with Crippen molar-refractivity contribution in [2.45, 2.75) is 32.3 Å². The lowest BCUT2D eigenvalue weighted by molar-refractivity contribution is -0.133. The minimum absolute atomic E-state index is 0.277. The molecular formula is C14H21NO2. The van der Waals surface area contributed by atoms with E-state index in [1.165, 1.54) is 17.7 Å². The molecule has 1 unspecified atom stereocenters. The Morgan fingerprint density at radius 2 is 2.12 bits per heavy atom. The predicted octanol–water partition coefficient (Wildman–Crippen LogP) is 2.81. The summed E-state index contributed by atoms with van der Waals surface area (Å²) < 4.78 is 10.6. The number of aryl methyl sites for hydroxylation is 1. The molecule has 1 aliphatic rings. The summed E-state index contributed by atoms with van der Waals surface area (Å²) in [7, 11) is 0. The molecule has 0 saturated carbocycles. The topological polar surface area (TPSA) is 30.5 Å². The molecule has 1 aromatic rings. The molecule has 3 nitrogen and oxygen atoms in total. The van der Waals surface area contributed by atoms with Gasteiger partial charge in [-0.15, -0.1) is 0 Å². The molecule has 0 aromatic heterocycles. The van der Waals surface area contributed by atoms with Crippen LogP contribution in [0.25, 0.3) is 0 Å². The lowest BCUT2D eigenvalue weighted by Gasteiger charge is -2.23. The van der Waals surface area contributed by atoms with Crippen LogP contribution in [0, 0.1) is 0 Å². The number of hydrogen-bond donors (Lipinski definition) is 1. The van der Waals surface area contributed by atoms with E-state index in [0.717, 1.165) is 26.0 Å². The zero-order valence-electron chi connectivity index (χ0n) is 10.4. The van der Waals surface area contributed by atoms with E-state index in [9.17, 15) is 0 Å². The number of benzene rings is 1. The summed E-state index contributed by atoms with van der Waals surface area (Å²) in [6, 6.07) is 8.67. The minimum Gasteiger partial charge on any atom is -0.382 e. The second-order valence-corrected chi connectivity index (χ2v) is 4.43. The first kappa shape index (κ1) is 12.4. The fraction of sp³-hybridized carbons (Fsp3) is 0.571. The van der Waals surface area contributed by atoms with E-state index in [1.54, 1.807) is 0 Å². The Morgan fingerprint density at radius 1 is 1.29 bits per heavy atom. The largest absolute Gasteiger partial charge is 0.382 e. The van der Waals surface area contributed by atoms with Gasteiger partial charge in [0.1, 0.15) is 6.79 Å². The lowest BCUT2D eigenvalue weighted by atomic mass is 10.1. The molecule has 17 heavy (non-hydrogen) atoms. The third kappa shape index (κ3) is 4.02. The molecule has 1 aromatic carbocycles. The summed E-state index contributed by atoms with van der Waals surface area (Å²) in [6.07, 6.45) is 3.60. The highest BCUT2D eigenvalue weighted by Gasteiger charge is 2.13. The van der Waals surface area contributed by atoms with Gasteiger partial charge in [-0.25, -0.2) is 0 Å². The van der Waals surface area contributed by atoms with Crippen molar-refractivity contribution in [1.29, 1.82) is 0 Å². The maximum atomic E-state index is 5.48. The quantitative estimate of drug-likeness (QED) is 0.851. The number of nitrogens with one attached hydrogen (secondary N) is 1. The molecule has 0 bridgehead atoms.